The Bertz CT molecular complexity index is 919. The lowest BCUT2D eigenvalue weighted by Crippen LogP contribution is -2.55. The predicted octanol–water partition coefficient (Wildman–Crippen LogP) is 2.62. The fraction of sp³-hybridized carbons (Fsp3) is 0.350. The zero-order valence-corrected chi connectivity index (χ0v) is 15.5. The number of rotatable bonds is 1. The molecule has 144 valence electrons. The SMILES string of the molecule is CC1CN(C(=O)N2CCN(c3ccc(F)cn3)CC2)c2ccc(C#N)cc2O1. The molecule has 0 radical (unpaired) electrons. The molecule has 2 aromatic rings. The van der Waals surface area contributed by atoms with Crippen molar-refractivity contribution < 1.29 is 13.9 Å². The van der Waals surface area contributed by atoms with Crippen molar-refractivity contribution in [1.29, 1.82) is 5.26 Å². The first-order chi connectivity index (χ1) is 13.5. The van der Waals surface area contributed by atoms with Gasteiger partial charge in [-0.1, -0.05) is 0 Å². The number of halogens is 1. The molecule has 0 saturated carbocycles. The van der Waals surface area contributed by atoms with E-state index in [2.05, 4.69) is 11.1 Å². The van der Waals surface area contributed by atoms with Crippen molar-refractivity contribution in [2.75, 3.05) is 42.5 Å². The molecule has 0 aliphatic carbocycles. The molecular formula is C20H20FN5O2. The Morgan fingerprint density at radius 3 is 2.71 bits per heavy atom. The number of carbonyl (C=O) groups is 1. The minimum atomic E-state index is -0.364. The van der Waals surface area contributed by atoms with Crippen LogP contribution in [-0.4, -0.2) is 54.7 Å². The minimum absolute atomic E-state index is 0.0761. The summed E-state index contributed by atoms with van der Waals surface area (Å²) in [6.45, 7) is 4.72. The second kappa shape index (κ2) is 7.35. The van der Waals surface area contributed by atoms with E-state index in [1.54, 1.807) is 34.1 Å². The van der Waals surface area contributed by atoms with Crippen LogP contribution in [0.1, 0.15) is 12.5 Å². The second-order valence-electron chi connectivity index (χ2n) is 6.92. The van der Waals surface area contributed by atoms with Crippen molar-refractivity contribution in [2.24, 2.45) is 0 Å². The average Bonchev–Trinajstić information content (AvgIpc) is 2.72. The molecule has 2 aliphatic heterocycles. The molecule has 7 nitrogen and oxygen atoms in total. The van der Waals surface area contributed by atoms with E-state index in [-0.39, 0.29) is 18.0 Å². The lowest BCUT2D eigenvalue weighted by Gasteiger charge is -2.40. The number of nitriles is 1. The van der Waals surface area contributed by atoms with Gasteiger partial charge in [-0.3, -0.25) is 4.90 Å². The van der Waals surface area contributed by atoms with Crippen LogP contribution in [0.15, 0.2) is 36.5 Å². The lowest BCUT2D eigenvalue weighted by molar-refractivity contribution is 0.182. The topological polar surface area (TPSA) is 72.7 Å². The summed E-state index contributed by atoms with van der Waals surface area (Å²) in [6.07, 6.45) is 1.05. The summed E-state index contributed by atoms with van der Waals surface area (Å²) >= 11 is 0. The molecule has 28 heavy (non-hydrogen) atoms. The highest BCUT2D eigenvalue weighted by atomic mass is 19.1. The molecule has 1 unspecified atom stereocenters. The number of pyridine rings is 1. The van der Waals surface area contributed by atoms with Gasteiger partial charge in [0.2, 0.25) is 0 Å². The van der Waals surface area contributed by atoms with Crippen LogP contribution in [0.25, 0.3) is 0 Å². The first-order valence-electron chi connectivity index (χ1n) is 9.19. The summed E-state index contributed by atoms with van der Waals surface area (Å²) in [7, 11) is 0. The zero-order chi connectivity index (χ0) is 19.7. The summed E-state index contributed by atoms with van der Waals surface area (Å²) in [5.74, 6) is 0.903. The van der Waals surface area contributed by atoms with Crippen molar-refractivity contribution >= 4 is 17.5 Å². The maximum atomic E-state index is 13.2. The van der Waals surface area contributed by atoms with E-state index >= 15 is 0 Å². The first kappa shape index (κ1) is 18.0. The Morgan fingerprint density at radius 1 is 1.25 bits per heavy atom. The average molecular weight is 381 g/mol. The van der Waals surface area contributed by atoms with Crippen LogP contribution in [0.2, 0.25) is 0 Å². The van der Waals surface area contributed by atoms with E-state index < -0.39 is 0 Å². The Kier molecular flexibility index (Phi) is 4.74. The molecule has 0 bridgehead atoms. The van der Waals surface area contributed by atoms with Gasteiger partial charge in [0, 0.05) is 32.2 Å². The quantitative estimate of drug-likeness (QED) is 0.759. The van der Waals surface area contributed by atoms with Crippen LogP contribution in [0.5, 0.6) is 5.75 Å². The molecule has 1 atom stereocenters. The van der Waals surface area contributed by atoms with Gasteiger partial charge in [0.1, 0.15) is 23.5 Å². The molecule has 4 rings (SSSR count). The maximum absolute atomic E-state index is 13.2. The van der Waals surface area contributed by atoms with E-state index in [0.29, 0.717) is 55.5 Å². The standard InChI is InChI=1S/C20H20FN5O2/c1-14-13-26(17-4-2-15(11-22)10-18(17)28-14)20(27)25-8-6-24(7-9-25)19-5-3-16(21)12-23-19/h2-5,10,12,14H,6-9,13H2,1H3. The molecule has 1 aromatic heterocycles. The summed E-state index contributed by atoms with van der Waals surface area (Å²) in [5, 5.41) is 9.09. The van der Waals surface area contributed by atoms with Crippen LogP contribution in [0.4, 0.5) is 20.7 Å². The number of carbonyl (C=O) groups excluding carboxylic acids is 1. The van der Waals surface area contributed by atoms with Crippen molar-refractivity contribution in [2.45, 2.75) is 13.0 Å². The van der Waals surface area contributed by atoms with Gasteiger partial charge in [-0.05, 0) is 31.2 Å². The number of amides is 2. The predicted molar refractivity (Wildman–Crippen MR) is 102 cm³/mol. The first-order valence-corrected chi connectivity index (χ1v) is 9.19. The third-order valence-corrected chi connectivity index (χ3v) is 4.96. The summed E-state index contributed by atoms with van der Waals surface area (Å²) in [4.78, 5) is 22.8. The third kappa shape index (κ3) is 3.43. The van der Waals surface area contributed by atoms with Gasteiger partial charge in [0.25, 0.3) is 0 Å². The van der Waals surface area contributed by atoms with Crippen molar-refractivity contribution in [3.05, 3.63) is 47.9 Å². The molecule has 1 fully saturated rings. The highest BCUT2D eigenvalue weighted by Gasteiger charge is 2.32. The van der Waals surface area contributed by atoms with Crippen LogP contribution >= 0.6 is 0 Å². The van der Waals surface area contributed by atoms with Crippen molar-refractivity contribution in [3.63, 3.8) is 0 Å². The third-order valence-electron chi connectivity index (χ3n) is 4.96. The Balaban J connectivity index is 1.47. The van der Waals surface area contributed by atoms with Crippen LogP contribution < -0.4 is 14.5 Å². The number of aromatic nitrogens is 1. The Labute approximate surface area is 162 Å². The number of hydrogen-bond acceptors (Lipinski definition) is 5. The fourth-order valence-corrected chi connectivity index (χ4v) is 3.54. The number of ether oxygens (including phenoxy) is 1. The number of anilines is 2. The number of nitrogens with zero attached hydrogens (tertiary/aromatic N) is 5. The van der Waals surface area contributed by atoms with Gasteiger partial charge in [0.15, 0.2) is 0 Å². The number of piperazine rings is 1. The molecule has 1 aromatic carbocycles. The van der Waals surface area contributed by atoms with Crippen LogP contribution in [0.3, 0.4) is 0 Å². The van der Waals surface area contributed by atoms with E-state index in [1.807, 2.05) is 11.8 Å². The van der Waals surface area contributed by atoms with Gasteiger partial charge in [-0.25, -0.2) is 14.2 Å². The smallest absolute Gasteiger partial charge is 0.324 e. The molecule has 2 aliphatic rings. The molecule has 8 heteroatoms. The number of benzene rings is 1. The molecule has 3 heterocycles. The lowest BCUT2D eigenvalue weighted by atomic mass is 10.1. The minimum Gasteiger partial charge on any atom is -0.487 e. The maximum Gasteiger partial charge on any atom is 0.324 e. The van der Waals surface area contributed by atoms with Crippen LogP contribution in [0, 0.1) is 17.1 Å². The molecule has 0 spiro atoms. The van der Waals surface area contributed by atoms with Gasteiger partial charge in [0.05, 0.1) is 30.1 Å². The largest absolute Gasteiger partial charge is 0.487 e. The monoisotopic (exact) mass is 381 g/mol. The van der Waals surface area contributed by atoms with Gasteiger partial charge < -0.3 is 14.5 Å². The highest BCUT2D eigenvalue weighted by Crippen LogP contribution is 2.35. The fourth-order valence-electron chi connectivity index (χ4n) is 3.54. The number of urea groups is 1. The summed E-state index contributed by atoms with van der Waals surface area (Å²) < 4.78 is 18.9. The number of hydrogen-bond donors (Lipinski definition) is 0. The second-order valence-corrected chi connectivity index (χ2v) is 6.92. The zero-order valence-electron chi connectivity index (χ0n) is 15.5. The Morgan fingerprint density at radius 2 is 2.04 bits per heavy atom. The normalized spacial score (nSPS) is 18.9. The van der Waals surface area contributed by atoms with E-state index in [1.165, 1.54) is 12.3 Å². The molecular weight excluding hydrogens is 361 g/mol. The Hall–Kier alpha value is -3.34. The van der Waals surface area contributed by atoms with Crippen molar-refractivity contribution in [3.8, 4) is 11.8 Å². The number of fused-ring (bicyclic) bond motifs is 1. The highest BCUT2D eigenvalue weighted by molar-refractivity contribution is 5.94. The van der Waals surface area contributed by atoms with Gasteiger partial charge in [-0.2, -0.15) is 5.26 Å². The molecule has 0 N–H and O–H groups in total. The summed E-state index contributed by atoms with van der Waals surface area (Å²) in [6, 6.07) is 10.2. The van der Waals surface area contributed by atoms with E-state index in [9.17, 15) is 9.18 Å². The van der Waals surface area contributed by atoms with E-state index in [4.69, 9.17) is 10.00 Å². The molecule has 2 amide bonds. The summed E-state index contributed by atoms with van der Waals surface area (Å²) in [5.41, 5.74) is 1.19. The van der Waals surface area contributed by atoms with E-state index in [0.717, 1.165) is 0 Å². The van der Waals surface area contributed by atoms with Gasteiger partial charge in [-0.15, -0.1) is 0 Å². The van der Waals surface area contributed by atoms with Gasteiger partial charge >= 0.3 is 6.03 Å². The molecule has 1 saturated heterocycles. The van der Waals surface area contributed by atoms with Crippen molar-refractivity contribution in [1.82, 2.24) is 9.88 Å². The van der Waals surface area contributed by atoms with Crippen LogP contribution in [-0.2, 0) is 0 Å².